The smallest absolute Gasteiger partial charge is 0.224 e. The van der Waals surface area contributed by atoms with Crippen LogP contribution in [0.3, 0.4) is 0 Å². The summed E-state index contributed by atoms with van der Waals surface area (Å²) in [6, 6.07) is 7.59. The molecule has 2 N–H and O–H groups in total. The van der Waals surface area contributed by atoms with Crippen molar-refractivity contribution in [1.29, 1.82) is 0 Å². The molecule has 0 heterocycles. The quantitative estimate of drug-likeness (QED) is 0.925. The lowest BCUT2D eigenvalue weighted by atomic mass is 9.80. The first-order chi connectivity index (χ1) is 9.48. The number of hydrogen-bond acceptors (Lipinski definition) is 2. The maximum atomic E-state index is 12.3. The van der Waals surface area contributed by atoms with Crippen molar-refractivity contribution in [3.05, 3.63) is 34.9 Å². The van der Waals surface area contributed by atoms with Crippen molar-refractivity contribution in [3.8, 4) is 0 Å². The third kappa shape index (κ3) is 4.22. The second-order valence-electron chi connectivity index (χ2n) is 5.98. The molecule has 1 fully saturated rings. The Morgan fingerprint density at radius 2 is 1.85 bits per heavy atom. The summed E-state index contributed by atoms with van der Waals surface area (Å²) in [7, 11) is 1.84. The zero-order chi connectivity index (χ0) is 14.6. The molecule has 0 bridgehead atoms. The molecule has 1 saturated carbocycles. The van der Waals surface area contributed by atoms with Crippen LogP contribution in [0.5, 0.6) is 0 Å². The average molecular weight is 295 g/mol. The van der Waals surface area contributed by atoms with Crippen molar-refractivity contribution in [1.82, 2.24) is 4.90 Å². The van der Waals surface area contributed by atoms with E-state index in [1.807, 2.05) is 31.3 Å². The van der Waals surface area contributed by atoms with E-state index in [1.165, 1.54) is 6.42 Å². The largest absolute Gasteiger partial charge is 0.341 e. The van der Waals surface area contributed by atoms with Crippen LogP contribution in [0, 0.1) is 0 Å². The van der Waals surface area contributed by atoms with Gasteiger partial charge in [-0.25, -0.2) is 0 Å². The lowest BCUT2D eigenvalue weighted by molar-refractivity contribution is -0.132. The van der Waals surface area contributed by atoms with Gasteiger partial charge in [0, 0.05) is 30.6 Å². The van der Waals surface area contributed by atoms with Crippen LogP contribution < -0.4 is 5.73 Å². The lowest BCUT2D eigenvalue weighted by Gasteiger charge is -2.34. The van der Waals surface area contributed by atoms with Gasteiger partial charge < -0.3 is 10.6 Å². The SMILES string of the molecule is CN(Cc1ccc(Cl)cc1)C(=O)CC1(N)CCCCC1. The molecule has 1 aromatic carbocycles. The van der Waals surface area contributed by atoms with E-state index < -0.39 is 0 Å². The molecule has 3 nitrogen and oxygen atoms in total. The maximum Gasteiger partial charge on any atom is 0.224 e. The van der Waals surface area contributed by atoms with Crippen molar-refractivity contribution in [2.45, 2.75) is 50.6 Å². The Morgan fingerprint density at radius 3 is 2.45 bits per heavy atom. The van der Waals surface area contributed by atoms with Gasteiger partial charge in [0.15, 0.2) is 0 Å². The number of benzene rings is 1. The Bertz CT molecular complexity index is 452. The number of carbonyl (C=O) groups excluding carboxylic acids is 1. The third-order valence-electron chi connectivity index (χ3n) is 4.11. The van der Waals surface area contributed by atoms with Gasteiger partial charge in [-0.15, -0.1) is 0 Å². The van der Waals surface area contributed by atoms with E-state index >= 15 is 0 Å². The minimum atomic E-state index is -0.288. The van der Waals surface area contributed by atoms with Gasteiger partial charge in [0.2, 0.25) is 5.91 Å². The molecular weight excluding hydrogens is 272 g/mol. The van der Waals surface area contributed by atoms with Crippen molar-refractivity contribution in [2.24, 2.45) is 5.73 Å². The Hall–Kier alpha value is -1.06. The van der Waals surface area contributed by atoms with Crippen LogP contribution in [0.4, 0.5) is 0 Å². The molecular formula is C16H23ClN2O. The van der Waals surface area contributed by atoms with Crippen LogP contribution >= 0.6 is 11.6 Å². The van der Waals surface area contributed by atoms with E-state index in [9.17, 15) is 4.79 Å². The molecule has 20 heavy (non-hydrogen) atoms. The summed E-state index contributed by atoms with van der Waals surface area (Å²) in [5.74, 6) is 0.129. The zero-order valence-corrected chi connectivity index (χ0v) is 12.8. The Labute approximate surface area is 126 Å². The number of carbonyl (C=O) groups is 1. The highest BCUT2D eigenvalue weighted by atomic mass is 35.5. The fourth-order valence-corrected chi connectivity index (χ4v) is 2.95. The molecule has 1 aliphatic carbocycles. The molecule has 0 saturated heterocycles. The van der Waals surface area contributed by atoms with Crippen molar-refractivity contribution in [3.63, 3.8) is 0 Å². The number of rotatable bonds is 4. The Kier molecular flexibility index (Phi) is 5.06. The van der Waals surface area contributed by atoms with E-state index in [4.69, 9.17) is 17.3 Å². The molecule has 2 rings (SSSR count). The van der Waals surface area contributed by atoms with Gasteiger partial charge >= 0.3 is 0 Å². The molecule has 110 valence electrons. The summed E-state index contributed by atoms with van der Waals surface area (Å²) in [6.45, 7) is 0.603. The van der Waals surface area contributed by atoms with Gasteiger partial charge in [-0.3, -0.25) is 4.79 Å². The maximum absolute atomic E-state index is 12.3. The molecule has 0 spiro atoms. The minimum Gasteiger partial charge on any atom is -0.341 e. The third-order valence-corrected chi connectivity index (χ3v) is 4.36. The summed E-state index contributed by atoms with van der Waals surface area (Å²) in [6.07, 6.45) is 5.92. The monoisotopic (exact) mass is 294 g/mol. The fourth-order valence-electron chi connectivity index (χ4n) is 2.82. The molecule has 0 aromatic heterocycles. The van der Waals surface area contributed by atoms with E-state index in [1.54, 1.807) is 4.90 Å². The highest BCUT2D eigenvalue weighted by Crippen LogP contribution is 2.29. The summed E-state index contributed by atoms with van der Waals surface area (Å²) < 4.78 is 0. The lowest BCUT2D eigenvalue weighted by Crippen LogP contribution is -2.46. The second kappa shape index (κ2) is 6.59. The molecule has 1 aromatic rings. The average Bonchev–Trinajstić information content (AvgIpc) is 2.41. The first-order valence-electron chi connectivity index (χ1n) is 7.26. The predicted octanol–water partition coefficient (Wildman–Crippen LogP) is 3.35. The molecule has 0 radical (unpaired) electrons. The molecule has 4 heteroatoms. The highest BCUT2D eigenvalue weighted by molar-refractivity contribution is 6.30. The molecule has 0 atom stereocenters. The standard InChI is InChI=1S/C16H23ClN2O/c1-19(12-13-5-7-14(17)8-6-13)15(20)11-16(18)9-3-2-4-10-16/h5-8H,2-4,9-12,18H2,1H3. The number of hydrogen-bond donors (Lipinski definition) is 1. The first-order valence-corrected chi connectivity index (χ1v) is 7.64. The second-order valence-corrected chi connectivity index (χ2v) is 6.41. The summed E-state index contributed by atoms with van der Waals surface area (Å²) in [4.78, 5) is 14.1. The zero-order valence-electron chi connectivity index (χ0n) is 12.1. The molecule has 0 unspecified atom stereocenters. The number of nitrogens with zero attached hydrogens (tertiary/aromatic N) is 1. The van der Waals surface area contributed by atoms with Crippen LogP contribution in [-0.2, 0) is 11.3 Å². The van der Waals surface area contributed by atoms with Gasteiger partial charge in [-0.05, 0) is 30.5 Å². The Balaban J connectivity index is 1.89. The van der Waals surface area contributed by atoms with E-state index in [-0.39, 0.29) is 11.4 Å². The highest BCUT2D eigenvalue weighted by Gasteiger charge is 2.31. The minimum absolute atomic E-state index is 0.129. The van der Waals surface area contributed by atoms with Crippen molar-refractivity contribution >= 4 is 17.5 Å². The summed E-state index contributed by atoms with van der Waals surface area (Å²) in [5, 5.41) is 0.714. The number of amides is 1. The first kappa shape index (κ1) is 15.3. The van der Waals surface area contributed by atoms with Crippen LogP contribution in [0.2, 0.25) is 5.02 Å². The fraction of sp³-hybridized carbons (Fsp3) is 0.562. The van der Waals surface area contributed by atoms with Crippen LogP contribution in [0.25, 0.3) is 0 Å². The Morgan fingerprint density at radius 1 is 1.25 bits per heavy atom. The topological polar surface area (TPSA) is 46.3 Å². The van der Waals surface area contributed by atoms with Crippen LogP contribution in [-0.4, -0.2) is 23.4 Å². The van der Waals surface area contributed by atoms with Crippen molar-refractivity contribution < 1.29 is 4.79 Å². The summed E-state index contributed by atoms with van der Waals surface area (Å²) in [5.41, 5.74) is 7.14. The predicted molar refractivity (Wildman–Crippen MR) is 82.5 cm³/mol. The molecule has 1 amide bonds. The molecule has 0 aliphatic heterocycles. The van der Waals surface area contributed by atoms with Gasteiger partial charge in [0.25, 0.3) is 0 Å². The van der Waals surface area contributed by atoms with Crippen molar-refractivity contribution in [2.75, 3.05) is 7.05 Å². The van der Waals surface area contributed by atoms with Crippen LogP contribution in [0.15, 0.2) is 24.3 Å². The van der Waals surface area contributed by atoms with E-state index in [0.717, 1.165) is 31.2 Å². The van der Waals surface area contributed by atoms with Gasteiger partial charge in [-0.2, -0.15) is 0 Å². The van der Waals surface area contributed by atoms with E-state index in [2.05, 4.69) is 0 Å². The van der Waals surface area contributed by atoms with E-state index in [0.29, 0.717) is 18.0 Å². The van der Waals surface area contributed by atoms with Crippen LogP contribution in [0.1, 0.15) is 44.1 Å². The normalized spacial score (nSPS) is 17.8. The van der Waals surface area contributed by atoms with Gasteiger partial charge in [0.05, 0.1) is 0 Å². The molecule has 1 aliphatic rings. The number of halogens is 1. The number of nitrogens with two attached hydrogens (primary N) is 1. The van der Waals surface area contributed by atoms with Gasteiger partial charge in [-0.1, -0.05) is 43.0 Å². The van der Waals surface area contributed by atoms with Gasteiger partial charge in [0.1, 0.15) is 0 Å². The summed E-state index contributed by atoms with van der Waals surface area (Å²) >= 11 is 5.86.